The van der Waals surface area contributed by atoms with E-state index in [1.807, 2.05) is 30.3 Å². The molecule has 1 heterocycles. The first-order valence-corrected chi connectivity index (χ1v) is 6.95. The molecule has 120 valence electrons. The van der Waals surface area contributed by atoms with E-state index in [0.717, 1.165) is 5.56 Å². The van der Waals surface area contributed by atoms with Gasteiger partial charge in [0.1, 0.15) is 6.73 Å². The average Bonchev–Trinajstić information content (AvgIpc) is 2.93. The summed E-state index contributed by atoms with van der Waals surface area (Å²) in [6, 6.07) is 8.81. The molecule has 0 saturated carbocycles. The number of rotatable bonds is 4. The molecule has 1 fully saturated rings. The molecule has 0 aliphatic carbocycles. The number of nitrogens with zero attached hydrogens (tertiary/aromatic N) is 1. The first-order valence-electron chi connectivity index (χ1n) is 6.95. The number of alkyl halides is 3. The Bertz CT molecular complexity index is 542. The minimum absolute atomic E-state index is 0.0131. The van der Waals surface area contributed by atoms with Crippen LogP contribution in [0.4, 0.5) is 13.2 Å². The Morgan fingerprint density at radius 2 is 2.05 bits per heavy atom. The van der Waals surface area contributed by atoms with E-state index < -0.39 is 24.4 Å². The van der Waals surface area contributed by atoms with Crippen molar-refractivity contribution in [1.82, 2.24) is 4.90 Å². The minimum atomic E-state index is -4.47. The van der Waals surface area contributed by atoms with E-state index in [9.17, 15) is 18.0 Å². The van der Waals surface area contributed by atoms with E-state index in [4.69, 9.17) is 4.74 Å². The molecule has 0 aromatic heterocycles. The smallest absolute Gasteiger partial charge is 0.359 e. The molecule has 1 amide bonds. The second-order valence-corrected chi connectivity index (χ2v) is 5.43. The van der Waals surface area contributed by atoms with Crippen LogP contribution in [-0.4, -0.2) is 30.3 Å². The Kier molecular flexibility index (Phi) is 4.90. The van der Waals surface area contributed by atoms with Gasteiger partial charge in [-0.05, 0) is 12.5 Å². The fourth-order valence-electron chi connectivity index (χ4n) is 2.50. The normalized spacial score (nSPS) is 20.0. The van der Waals surface area contributed by atoms with E-state index in [1.165, 1.54) is 11.8 Å². The summed E-state index contributed by atoms with van der Waals surface area (Å²) >= 11 is 0. The van der Waals surface area contributed by atoms with Gasteiger partial charge in [-0.25, -0.2) is 0 Å². The molecular weight excluding hydrogens is 295 g/mol. The van der Waals surface area contributed by atoms with Crippen molar-refractivity contribution in [3.05, 3.63) is 48.0 Å². The molecule has 6 heteroatoms. The van der Waals surface area contributed by atoms with Crippen molar-refractivity contribution in [2.75, 3.05) is 13.3 Å². The monoisotopic (exact) mass is 313 g/mol. The predicted octanol–water partition coefficient (Wildman–Crippen LogP) is 3.69. The maximum atomic E-state index is 13.0. The number of amides is 1. The summed E-state index contributed by atoms with van der Waals surface area (Å²) in [6.07, 6.45) is -5.10. The first kappa shape index (κ1) is 16.5. The van der Waals surface area contributed by atoms with E-state index in [-0.39, 0.29) is 18.3 Å². The second kappa shape index (κ2) is 6.52. The highest BCUT2D eigenvalue weighted by Crippen LogP contribution is 2.35. The molecule has 0 N–H and O–H groups in total. The third-order valence-electron chi connectivity index (χ3n) is 3.76. The van der Waals surface area contributed by atoms with Crippen molar-refractivity contribution < 1.29 is 22.7 Å². The molecular formula is C16H18F3NO2. The van der Waals surface area contributed by atoms with Gasteiger partial charge in [0, 0.05) is 6.42 Å². The first-order chi connectivity index (χ1) is 10.3. The van der Waals surface area contributed by atoms with Crippen LogP contribution in [-0.2, 0) is 9.53 Å². The van der Waals surface area contributed by atoms with Gasteiger partial charge in [-0.2, -0.15) is 13.2 Å². The fraction of sp³-hybridized carbons (Fsp3) is 0.438. The predicted molar refractivity (Wildman–Crippen MR) is 75.8 cm³/mol. The topological polar surface area (TPSA) is 29.5 Å². The maximum Gasteiger partial charge on any atom is 0.395 e. The number of carbonyl (C=O) groups is 1. The zero-order valence-corrected chi connectivity index (χ0v) is 12.3. The molecule has 1 aromatic carbocycles. The van der Waals surface area contributed by atoms with Gasteiger partial charge in [-0.1, -0.05) is 42.5 Å². The maximum absolute atomic E-state index is 13.0. The zero-order valence-electron chi connectivity index (χ0n) is 12.3. The quantitative estimate of drug-likeness (QED) is 0.794. The Morgan fingerprint density at radius 1 is 1.41 bits per heavy atom. The molecule has 0 radical (unpaired) electrons. The molecule has 1 saturated heterocycles. The SMILES string of the molecule is C=C(C)[C@@H](CC(=O)N1COC[C@@H]1c1ccccc1)C(F)(F)F. The number of hydrogen-bond donors (Lipinski definition) is 0. The lowest BCUT2D eigenvalue weighted by atomic mass is 9.96. The van der Waals surface area contributed by atoms with Crippen LogP contribution in [0.1, 0.15) is 24.9 Å². The van der Waals surface area contributed by atoms with Gasteiger partial charge < -0.3 is 9.64 Å². The molecule has 0 unspecified atom stereocenters. The number of halogens is 3. The standard InChI is InChI=1S/C16H18F3NO2/c1-11(2)13(16(17,18)19)8-15(21)20-10-22-9-14(20)12-6-4-3-5-7-12/h3-7,13-14H,1,8-10H2,2H3/t13-,14-/m1/s1. The summed E-state index contributed by atoms with van der Waals surface area (Å²) in [4.78, 5) is 13.7. The van der Waals surface area contributed by atoms with Crippen molar-refractivity contribution in [1.29, 1.82) is 0 Å². The van der Waals surface area contributed by atoms with Gasteiger partial charge in [0.25, 0.3) is 0 Å². The number of allylic oxidation sites excluding steroid dienone is 1. The van der Waals surface area contributed by atoms with Crippen molar-refractivity contribution in [2.24, 2.45) is 5.92 Å². The van der Waals surface area contributed by atoms with Crippen LogP contribution in [0.3, 0.4) is 0 Å². The van der Waals surface area contributed by atoms with Crippen molar-refractivity contribution >= 4 is 5.91 Å². The fourth-order valence-corrected chi connectivity index (χ4v) is 2.50. The molecule has 0 spiro atoms. The zero-order chi connectivity index (χ0) is 16.3. The van der Waals surface area contributed by atoms with Crippen LogP contribution in [0.25, 0.3) is 0 Å². The summed E-state index contributed by atoms with van der Waals surface area (Å²) in [6.45, 7) is 4.95. The van der Waals surface area contributed by atoms with Gasteiger partial charge in [0.05, 0.1) is 18.6 Å². The average molecular weight is 313 g/mol. The van der Waals surface area contributed by atoms with Gasteiger partial charge in [0.15, 0.2) is 0 Å². The highest BCUT2D eigenvalue weighted by molar-refractivity contribution is 5.77. The highest BCUT2D eigenvalue weighted by Gasteiger charge is 2.43. The Labute approximate surface area is 127 Å². The van der Waals surface area contributed by atoms with Crippen LogP contribution in [0.5, 0.6) is 0 Å². The molecule has 2 rings (SSSR count). The molecule has 0 bridgehead atoms. The van der Waals surface area contributed by atoms with Crippen molar-refractivity contribution in [3.63, 3.8) is 0 Å². The molecule has 1 aromatic rings. The van der Waals surface area contributed by atoms with Gasteiger partial charge in [-0.15, -0.1) is 0 Å². The van der Waals surface area contributed by atoms with Crippen LogP contribution in [0, 0.1) is 5.92 Å². The van der Waals surface area contributed by atoms with E-state index in [1.54, 1.807) is 0 Å². The molecule has 2 atom stereocenters. The van der Waals surface area contributed by atoms with Crippen LogP contribution < -0.4 is 0 Å². The largest absolute Gasteiger partial charge is 0.395 e. The van der Waals surface area contributed by atoms with Gasteiger partial charge in [-0.3, -0.25) is 4.79 Å². The third-order valence-corrected chi connectivity index (χ3v) is 3.76. The van der Waals surface area contributed by atoms with Gasteiger partial charge in [0.2, 0.25) is 5.91 Å². The third kappa shape index (κ3) is 3.68. The summed E-state index contributed by atoms with van der Waals surface area (Å²) in [5, 5.41) is 0. The Hall–Kier alpha value is -1.82. The highest BCUT2D eigenvalue weighted by atomic mass is 19.4. The summed E-state index contributed by atoms with van der Waals surface area (Å²) in [7, 11) is 0. The summed E-state index contributed by atoms with van der Waals surface area (Å²) in [5.41, 5.74) is 0.796. The molecule has 22 heavy (non-hydrogen) atoms. The van der Waals surface area contributed by atoms with Crippen LogP contribution in [0.2, 0.25) is 0 Å². The van der Waals surface area contributed by atoms with Crippen LogP contribution >= 0.6 is 0 Å². The summed E-state index contributed by atoms with van der Waals surface area (Å²) < 4.78 is 44.2. The Morgan fingerprint density at radius 3 is 2.59 bits per heavy atom. The second-order valence-electron chi connectivity index (χ2n) is 5.43. The van der Waals surface area contributed by atoms with Gasteiger partial charge >= 0.3 is 6.18 Å². The number of hydrogen-bond acceptors (Lipinski definition) is 2. The number of carbonyl (C=O) groups excluding carboxylic acids is 1. The lowest BCUT2D eigenvalue weighted by Gasteiger charge is -2.26. The van der Waals surface area contributed by atoms with Crippen LogP contribution in [0.15, 0.2) is 42.5 Å². The van der Waals surface area contributed by atoms with Crippen molar-refractivity contribution in [3.8, 4) is 0 Å². The van der Waals surface area contributed by atoms with Crippen molar-refractivity contribution in [2.45, 2.75) is 25.6 Å². The molecule has 3 nitrogen and oxygen atoms in total. The summed E-state index contributed by atoms with van der Waals surface area (Å²) in [5.74, 6) is -2.39. The minimum Gasteiger partial charge on any atom is -0.359 e. The number of ether oxygens (including phenoxy) is 1. The number of benzene rings is 1. The van der Waals surface area contributed by atoms with E-state index in [0.29, 0.717) is 6.61 Å². The lowest BCUT2D eigenvalue weighted by Crippen LogP contribution is -2.36. The van der Waals surface area contributed by atoms with E-state index in [2.05, 4.69) is 6.58 Å². The van der Waals surface area contributed by atoms with E-state index >= 15 is 0 Å². The lowest BCUT2D eigenvalue weighted by molar-refractivity contribution is -0.172. The Balaban J connectivity index is 2.13. The molecule has 1 aliphatic heterocycles. The molecule has 1 aliphatic rings.